The number of cyclic esters (lactones) is 1. The van der Waals surface area contributed by atoms with E-state index in [2.05, 4.69) is 0 Å². The van der Waals surface area contributed by atoms with E-state index < -0.39 is 18.2 Å². The van der Waals surface area contributed by atoms with Crippen LogP contribution in [0.5, 0.6) is 0 Å². The quantitative estimate of drug-likeness (QED) is 0.464. The number of esters is 1. The first-order valence-corrected chi connectivity index (χ1v) is 6.34. The lowest BCUT2D eigenvalue weighted by Crippen LogP contribution is -2.31. The van der Waals surface area contributed by atoms with Gasteiger partial charge in [0.25, 0.3) is 5.71 Å². The van der Waals surface area contributed by atoms with Crippen LogP contribution in [0.1, 0.15) is 44.9 Å². The number of rotatable bonds is 4. The highest BCUT2D eigenvalue weighted by atomic mass is 16.6. The Morgan fingerprint density at radius 3 is 2.67 bits per heavy atom. The number of carbonyl (C=O) groups is 2. The summed E-state index contributed by atoms with van der Waals surface area (Å²) >= 11 is 0. The number of hydrogen-bond acceptors (Lipinski definition) is 4. The van der Waals surface area contributed by atoms with Crippen LogP contribution in [0.25, 0.3) is 0 Å². The van der Waals surface area contributed by atoms with Gasteiger partial charge < -0.3 is 15.1 Å². The van der Waals surface area contributed by atoms with Crippen molar-refractivity contribution < 1.29 is 24.2 Å². The molecular formula is C12H17NO5. The summed E-state index contributed by atoms with van der Waals surface area (Å²) in [5.74, 6) is -1.59. The summed E-state index contributed by atoms with van der Waals surface area (Å²) in [7, 11) is 0. The number of ether oxygens (including phenoxy) is 1. The molecule has 1 N–H and O–H groups in total. The minimum atomic E-state index is -1.02. The summed E-state index contributed by atoms with van der Waals surface area (Å²) < 4.78 is 5.70. The molecule has 1 heterocycles. The van der Waals surface area contributed by atoms with E-state index in [0.29, 0.717) is 4.74 Å². The molecule has 1 unspecified atom stereocenters. The zero-order valence-corrected chi connectivity index (χ0v) is 10.1. The van der Waals surface area contributed by atoms with Crippen molar-refractivity contribution in [3.05, 3.63) is 5.21 Å². The molecule has 2 aliphatic rings. The first kappa shape index (κ1) is 12.9. The first-order valence-electron chi connectivity index (χ1n) is 6.34. The van der Waals surface area contributed by atoms with Crippen LogP contribution < -0.4 is 0 Å². The molecule has 2 rings (SSSR count). The van der Waals surface area contributed by atoms with Crippen molar-refractivity contribution >= 4 is 17.7 Å². The fraction of sp³-hybridized carbons (Fsp3) is 0.750. The van der Waals surface area contributed by atoms with Gasteiger partial charge in [-0.3, -0.25) is 4.79 Å². The van der Waals surface area contributed by atoms with Crippen molar-refractivity contribution in [2.24, 2.45) is 5.92 Å². The molecule has 1 aliphatic carbocycles. The van der Waals surface area contributed by atoms with Gasteiger partial charge in [0, 0.05) is 0 Å². The summed E-state index contributed by atoms with van der Waals surface area (Å²) in [6.45, 7) is 0. The second-order valence-electron chi connectivity index (χ2n) is 4.86. The molecule has 0 aromatic carbocycles. The Balaban J connectivity index is 2.05. The third-order valence-electron chi connectivity index (χ3n) is 3.59. The van der Waals surface area contributed by atoms with Gasteiger partial charge in [-0.05, 0) is 12.8 Å². The largest absolute Gasteiger partial charge is 0.621 e. The molecule has 1 saturated carbocycles. The van der Waals surface area contributed by atoms with Crippen LogP contribution in [0, 0.1) is 11.1 Å². The Hall–Kier alpha value is -1.59. The fourth-order valence-electron chi connectivity index (χ4n) is 2.61. The molecule has 1 fully saturated rings. The molecule has 0 radical (unpaired) electrons. The fourth-order valence-corrected chi connectivity index (χ4v) is 2.61. The maximum Gasteiger partial charge on any atom is 0.405 e. The number of carbonyl (C=O) groups excluding carboxylic acids is 1. The normalized spacial score (nSPS) is 25.3. The molecule has 0 aromatic heterocycles. The minimum absolute atomic E-state index is 0.0482. The van der Waals surface area contributed by atoms with Crippen molar-refractivity contribution in [2.45, 2.75) is 51.2 Å². The maximum absolute atomic E-state index is 12.0. The van der Waals surface area contributed by atoms with Crippen LogP contribution in [-0.2, 0) is 14.3 Å². The SMILES string of the molecule is O=C(O)CCC1=[N+]([O-])C(C2CCCCC2)OC1=O. The van der Waals surface area contributed by atoms with E-state index >= 15 is 0 Å². The average molecular weight is 255 g/mol. The summed E-state index contributed by atoms with van der Waals surface area (Å²) in [6, 6.07) is 0. The molecule has 0 amide bonds. The lowest BCUT2D eigenvalue weighted by Gasteiger charge is -2.24. The van der Waals surface area contributed by atoms with Gasteiger partial charge in [0.05, 0.1) is 18.8 Å². The minimum Gasteiger partial charge on any atom is -0.621 e. The Kier molecular flexibility index (Phi) is 3.84. The Labute approximate surface area is 105 Å². The van der Waals surface area contributed by atoms with Crippen LogP contribution in [-0.4, -0.2) is 33.7 Å². The van der Waals surface area contributed by atoms with Gasteiger partial charge in [-0.15, -0.1) is 0 Å². The monoisotopic (exact) mass is 255 g/mol. The van der Waals surface area contributed by atoms with Crippen LogP contribution in [0.15, 0.2) is 0 Å². The number of hydroxylamine groups is 1. The highest BCUT2D eigenvalue weighted by Gasteiger charge is 2.43. The Morgan fingerprint density at radius 1 is 1.39 bits per heavy atom. The molecule has 18 heavy (non-hydrogen) atoms. The van der Waals surface area contributed by atoms with E-state index in [1.54, 1.807) is 0 Å². The van der Waals surface area contributed by atoms with E-state index in [-0.39, 0.29) is 24.5 Å². The van der Waals surface area contributed by atoms with Gasteiger partial charge in [0.2, 0.25) is 0 Å². The second-order valence-corrected chi connectivity index (χ2v) is 4.86. The van der Waals surface area contributed by atoms with Crippen molar-refractivity contribution in [3.8, 4) is 0 Å². The number of aliphatic carboxylic acids is 1. The predicted octanol–water partition coefficient (Wildman–Crippen LogP) is 1.27. The topological polar surface area (TPSA) is 89.7 Å². The Bertz CT molecular complexity index is 384. The zero-order chi connectivity index (χ0) is 13.1. The molecule has 6 nitrogen and oxygen atoms in total. The van der Waals surface area contributed by atoms with Crippen molar-refractivity contribution in [3.63, 3.8) is 0 Å². The third kappa shape index (κ3) is 2.63. The summed E-state index contributed by atoms with van der Waals surface area (Å²) in [6.07, 6.45) is 4.04. The van der Waals surface area contributed by atoms with E-state index in [1.165, 1.54) is 0 Å². The highest BCUT2D eigenvalue weighted by Crippen LogP contribution is 2.30. The van der Waals surface area contributed by atoms with Crippen LogP contribution in [0.2, 0.25) is 0 Å². The summed E-state index contributed by atoms with van der Waals surface area (Å²) in [4.78, 5) is 22.0. The van der Waals surface area contributed by atoms with E-state index in [1.807, 2.05) is 0 Å². The molecule has 6 heteroatoms. The van der Waals surface area contributed by atoms with Crippen LogP contribution in [0.4, 0.5) is 0 Å². The lowest BCUT2D eigenvalue weighted by atomic mass is 9.88. The maximum atomic E-state index is 12.0. The number of carboxylic acid groups (broad SMARTS) is 1. The van der Waals surface area contributed by atoms with Gasteiger partial charge in [-0.25, -0.2) is 4.79 Å². The number of hydrogen-bond donors (Lipinski definition) is 1. The van der Waals surface area contributed by atoms with E-state index in [0.717, 1.165) is 32.1 Å². The Morgan fingerprint density at radius 2 is 2.06 bits per heavy atom. The third-order valence-corrected chi connectivity index (χ3v) is 3.59. The number of carboxylic acids is 1. The first-order chi connectivity index (χ1) is 8.59. The van der Waals surface area contributed by atoms with Gasteiger partial charge >= 0.3 is 18.2 Å². The van der Waals surface area contributed by atoms with Crippen molar-refractivity contribution in [2.75, 3.05) is 0 Å². The lowest BCUT2D eigenvalue weighted by molar-refractivity contribution is -0.547. The van der Waals surface area contributed by atoms with Gasteiger partial charge in [-0.1, -0.05) is 19.3 Å². The zero-order valence-electron chi connectivity index (χ0n) is 10.1. The van der Waals surface area contributed by atoms with Crippen LogP contribution in [0.3, 0.4) is 0 Å². The van der Waals surface area contributed by atoms with Gasteiger partial charge in [0.15, 0.2) is 0 Å². The van der Waals surface area contributed by atoms with Gasteiger partial charge in [-0.2, -0.15) is 4.74 Å². The predicted molar refractivity (Wildman–Crippen MR) is 62.0 cm³/mol. The molecule has 0 aromatic rings. The van der Waals surface area contributed by atoms with E-state index in [4.69, 9.17) is 9.84 Å². The summed E-state index contributed by atoms with van der Waals surface area (Å²) in [5.41, 5.74) is -0.0482. The molecule has 1 aliphatic heterocycles. The number of nitrogens with zero attached hydrogens (tertiary/aromatic N) is 1. The second kappa shape index (κ2) is 5.37. The smallest absolute Gasteiger partial charge is 0.405 e. The van der Waals surface area contributed by atoms with Crippen LogP contribution >= 0.6 is 0 Å². The average Bonchev–Trinajstić information content (AvgIpc) is 2.63. The molecule has 0 bridgehead atoms. The summed E-state index contributed by atoms with van der Waals surface area (Å²) in [5, 5.41) is 20.5. The van der Waals surface area contributed by atoms with E-state index in [9.17, 15) is 14.8 Å². The molecule has 1 atom stereocenters. The molecule has 0 saturated heterocycles. The standard InChI is InChI=1S/C12H17NO5/c14-10(15)7-6-9-12(16)18-11(13(9)17)8-4-2-1-3-5-8/h8,11H,1-7H2,(H,14,15). The molecular weight excluding hydrogens is 238 g/mol. The highest BCUT2D eigenvalue weighted by molar-refractivity contribution is 6.35. The molecule has 0 spiro atoms. The molecule has 100 valence electrons. The van der Waals surface area contributed by atoms with Crippen molar-refractivity contribution in [1.82, 2.24) is 0 Å². The van der Waals surface area contributed by atoms with Gasteiger partial charge in [0.1, 0.15) is 0 Å². The van der Waals surface area contributed by atoms with Crippen molar-refractivity contribution in [1.29, 1.82) is 0 Å².